The lowest BCUT2D eigenvalue weighted by Crippen LogP contribution is -2.17. The largest absolute Gasteiger partial charge is 0.493 e. The number of benzene rings is 2. The fourth-order valence-electron chi connectivity index (χ4n) is 3.11. The molecule has 0 radical (unpaired) electrons. The summed E-state index contributed by atoms with van der Waals surface area (Å²) < 4.78 is 11.9. The maximum Gasteiger partial charge on any atom is 0.271 e. The molecule has 166 valence electrons. The molecule has 1 aromatic heterocycles. The average molecular weight is 432 g/mol. The van der Waals surface area contributed by atoms with E-state index in [1.807, 2.05) is 36.4 Å². The summed E-state index contributed by atoms with van der Waals surface area (Å²) in [5.41, 5.74) is 5.04. The molecule has 1 unspecified atom stereocenters. The highest BCUT2D eigenvalue weighted by Gasteiger charge is 2.09. The number of hydrazone groups is 1. The summed E-state index contributed by atoms with van der Waals surface area (Å²) in [5.74, 6) is 1.82. The minimum atomic E-state index is -0.295. The van der Waals surface area contributed by atoms with Crippen LogP contribution in [0.1, 0.15) is 54.1 Å². The summed E-state index contributed by atoms with van der Waals surface area (Å²) in [5, 5.41) is 4.05. The molecule has 0 fully saturated rings. The predicted octanol–water partition coefficient (Wildman–Crippen LogP) is 5.21. The van der Waals surface area contributed by atoms with Gasteiger partial charge in [0.15, 0.2) is 0 Å². The molecule has 0 aliphatic heterocycles. The second-order valence-corrected chi connectivity index (χ2v) is 7.37. The second kappa shape index (κ2) is 12.2. The smallest absolute Gasteiger partial charge is 0.271 e. The topological polar surface area (TPSA) is 72.8 Å². The molecule has 0 bridgehead atoms. The monoisotopic (exact) mass is 431 g/mol. The first-order chi connectivity index (χ1) is 15.7. The third kappa shape index (κ3) is 6.67. The quantitative estimate of drug-likeness (QED) is 0.257. The van der Waals surface area contributed by atoms with Gasteiger partial charge >= 0.3 is 0 Å². The molecule has 6 nitrogen and oxygen atoms in total. The van der Waals surface area contributed by atoms with Crippen LogP contribution in [0.25, 0.3) is 0 Å². The molecule has 1 N–H and O–H groups in total. The number of nitrogens with one attached hydrogen (secondary N) is 1. The Balaban J connectivity index is 1.48. The molecule has 0 spiro atoms. The van der Waals surface area contributed by atoms with E-state index in [1.54, 1.807) is 30.7 Å². The number of carbonyl (C=O) groups is 1. The molecule has 0 aliphatic rings. The number of aromatic nitrogens is 1. The van der Waals surface area contributed by atoms with Gasteiger partial charge < -0.3 is 9.47 Å². The van der Waals surface area contributed by atoms with Gasteiger partial charge in [-0.25, -0.2) is 5.43 Å². The Morgan fingerprint density at radius 1 is 1.00 bits per heavy atom. The van der Waals surface area contributed by atoms with E-state index in [9.17, 15) is 4.79 Å². The van der Waals surface area contributed by atoms with Gasteiger partial charge in [-0.05, 0) is 48.2 Å². The Hall–Kier alpha value is -3.67. The number of pyridine rings is 1. The van der Waals surface area contributed by atoms with E-state index in [0.717, 1.165) is 24.2 Å². The van der Waals surface area contributed by atoms with Gasteiger partial charge in [-0.2, -0.15) is 5.10 Å². The Bertz CT molecular complexity index is 1020. The number of nitrogens with zero attached hydrogens (tertiary/aromatic N) is 2. The van der Waals surface area contributed by atoms with Crippen LogP contribution in [0.2, 0.25) is 0 Å². The third-order valence-electron chi connectivity index (χ3n) is 5.10. The molecule has 1 amide bonds. The Kier molecular flexibility index (Phi) is 8.80. The lowest BCUT2D eigenvalue weighted by Gasteiger charge is -2.16. The summed E-state index contributed by atoms with van der Waals surface area (Å²) in [6, 6.07) is 19.0. The SMILES string of the molecule is CCC(C)c1ccccc1OCCCOc1ccccc1C=NNC(=O)c1ccncc1. The van der Waals surface area contributed by atoms with E-state index in [1.165, 1.54) is 5.56 Å². The first-order valence-corrected chi connectivity index (χ1v) is 10.9. The molecule has 0 saturated carbocycles. The number of amides is 1. The Labute approximate surface area is 189 Å². The average Bonchev–Trinajstić information content (AvgIpc) is 2.85. The summed E-state index contributed by atoms with van der Waals surface area (Å²) >= 11 is 0. The number of hydrogen-bond donors (Lipinski definition) is 1. The summed E-state index contributed by atoms with van der Waals surface area (Å²) in [7, 11) is 0. The lowest BCUT2D eigenvalue weighted by atomic mass is 9.98. The van der Waals surface area contributed by atoms with Crippen LogP contribution >= 0.6 is 0 Å². The normalized spacial score (nSPS) is 11.8. The zero-order valence-corrected chi connectivity index (χ0v) is 18.5. The van der Waals surface area contributed by atoms with Crippen LogP contribution in [0.3, 0.4) is 0 Å². The van der Waals surface area contributed by atoms with Gasteiger partial charge in [0, 0.05) is 29.9 Å². The Morgan fingerprint density at radius 3 is 2.41 bits per heavy atom. The first kappa shape index (κ1) is 23.0. The molecule has 1 heterocycles. The number of ether oxygens (including phenoxy) is 2. The number of para-hydroxylation sites is 2. The highest BCUT2D eigenvalue weighted by Crippen LogP contribution is 2.28. The zero-order chi connectivity index (χ0) is 22.6. The van der Waals surface area contributed by atoms with Gasteiger partial charge in [-0.15, -0.1) is 0 Å². The van der Waals surface area contributed by atoms with E-state index in [-0.39, 0.29) is 5.91 Å². The van der Waals surface area contributed by atoms with Crippen molar-refractivity contribution in [3.63, 3.8) is 0 Å². The third-order valence-corrected chi connectivity index (χ3v) is 5.10. The molecular formula is C26H29N3O3. The maximum atomic E-state index is 12.1. The molecule has 32 heavy (non-hydrogen) atoms. The van der Waals surface area contributed by atoms with Crippen LogP contribution in [0.15, 0.2) is 78.2 Å². The maximum absolute atomic E-state index is 12.1. The van der Waals surface area contributed by atoms with Crippen LogP contribution in [0, 0.1) is 0 Å². The van der Waals surface area contributed by atoms with E-state index >= 15 is 0 Å². The van der Waals surface area contributed by atoms with Gasteiger partial charge in [0.2, 0.25) is 0 Å². The van der Waals surface area contributed by atoms with Gasteiger partial charge in [-0.1, -0.05) is 44.2 Å². The number of carbonyl (C=O) groups excluding carboxylic acids is 1. The van der Waals surface area contributed by atoms with Gasteiger partial charge in [0.25, 0.3) is 5.91 Å². The minimum absolute atomic E-state index is 0.295. The number of rotatable bonds is 11. The predicted molar refractivity (Wildman–Crippen MR) is 126 cm³/mol. The summed E-state index contributed by atoms with van der Waals surface area (Å²) in [6.45, 7) is 5.48. The fourth-order valence-corrected chi connectivity index (χ4v) is 3.11. The zero-order valence-electron chi connectivity index (χ0n) is 18.5. The highest BCUT2D eigenvalue weighted by atomic mass is 16.5. The van der Waals surface area contributed by atoms with Crippen LogP contribution in [0.4, 0.5) is 0 Å². The van der Waals surface area contributed by atoms with Crippen LogP contribution in [0.5, 0.6) is 11.5 Å². The van der Waals surface area contributed by atoms with Crippen LogP contribution in [-0.2, 0) is 0 Å². The summed E-state index contributed by atoms with van der Waals surface area (Å²) in [6.07, 6.45) is 6.53. The van der Waals surface area contributed by atoms with E-state index in [4.69, 9.17) is 9.47 Å². The van der Waals surface area contributed by atoms with Crippen molar-refractivity contribution in [2.45, 2.75) is 32.6 Å². The van der Waals surface area contributed by atoms with Crippen molar-refractivity contribution in [1.82, 2.24) is 10.4 Å². The fraction of sp³-hybridized carbons (Fsp3) is 0.269. The van der Waals surface area contributed by atoms with Crippen LogP contribution in [-0.4, -0.2) is 30.3 Å². The van der Waals surface area contributed by atoms with Gasteiger partial charge in [-0.3, -0.25) is 9.78 Å². The van der Waals surface area contributed by atoms with E-state index in [2.05, 4.69) is 41.5 Å². The molecule has 0 saturated heterocycles. The first-order valence-electron chi connectivity index (χ1n) is 10.9. The standard InChI is InChI=1S/C26H29N3O3/c1-3-20(2)23-10-5-7-12-25(23)32-18-8-17-31-24-11-6-4-9-22(24)19-28-29-26(30)21-13-15-27-16-14-21/h4-7,9-16,19-20H,3,8,17-18H2,1-2H3,(H,29,30). The molecule has 0 aliphatic carbocycles. The van der Waals surface area contributed by atoms with Crippen molar-refractivity contribution >= 4 is 12.1 Å². The molecule has 1 atom stereocenters. The molecular weight excluding hydrogens is 402 g/mol. The van der Waals surface area contributed by atoms with Crippen molar-refractivity contribution in [3.8, 4) is 11.5 Å². The van der Waals surface area contributed by atoms with Crippen molar-refractivity contribution in [2.75, 3.05) is 13.2 Å². The van der Waals surface area contributed by atoms with Crippen molar-refractivity contribution in [3.05, 3.63) is 89.7 Å². The molecule has 3 rings (SSSR count). The lowest BCUT2D eigenvalue weighted by molar-refractivity contribution is 0.0955. The van der Waals surface area contributed by atoms with Gasteiger partial charge in [0.1, 0.15) is 11.5 Å². The van der Waals surface area contributed by atoms with Crippen LogP contribution < -0.4 is 14.9 Å². The summed E-state index contributed by atoms with van der Waals surface area (Å²) in [4.78, 5) is 16.0. The van der Waals surface area contributed by atoms with E-state index in [0.29, 0.717) is 30.4 Å². The highest BCUT2D eigenvalue weighted by molar-refractivity contribution is 5.94. The van der Waals surface area contributed by atoms with Gasteiger partial charge in [0.05, 0.1) is 19.4 Å². The molecule has 2 aromatic carbocycles. The Morgan fingerprint density at radius 2 is 1.66 bits per heavy atom. The van der Waals surface area contributed by atoms with Crippen molar-refractivity contribution in [1.29, 1.82) is 0 Å². The minimum Gasteiger partial charge on any atom is -0.493 e. The second-order valence-electron chi connectivity index (χ2n) is 7.37. The van der Waals surface area contributed by atoms with Crippen molar-refractivity contribution < 1.29 is 14.3 Å². The number of hydrogen-bond acceptors (Lipinski definition) is 5. The van der Waals surface area contributed by atoms with E-state index < -0.39 is 0 Å². The molecule has 6 heteroatoms. The molecule has 3 aromatic rings. The van der Waals surface area contributed by atoms with Crippen molar-refractivity contribution in [2.24, 2.45) is 5.10 Å².